The predicted octanol–water partition coefficient (Wildman–Crippen LogP) is 5.59. The van der Waals surface area contributed by atoms with Crippen LogP contribution in [0.4, 0.5) is 0 Å². The summed E-state index contributed by atoms with van der Waals surface area (Å²) in [5.74, 6) is 0.913. The summed E-state index contributed by atoms with van der Waals surface area (Å²) in [7, 11) is -3.53. The second kappa shape index (κ2) is 10.1. The molecular formula is C26H31NO3S. The Bertz CT molecular complexity index is 1070. The van der Waals surface area contributed by atoms with Gasteiger partial charge >= 0.3 is 0 Å². The van der Waals surface area contributed by atoms with E-state index in [1.54, 1.807) is 12.1 Å². The van der Waals surface area contributed by atoms with Crippen molar-refractivity contribution in [2.45, 2.75) is 51.0 Å². The van der Waals surface area contributed by atoms with E-state index >= 15 is 0 Å². The Morgan fingerprint density at radius 2 is 1.26 bits per heavy atom. The first-order chi connectivity index (χ1) is 14.7. The maximum absolute atomic E-state index is 12.7. The summed E-state index contributed by atoms with van der Waals surface area (Å²) >= 11 is 0. The van der Waals surface area contributed by atoms with E-state index in [2.05, 4.69) is 48.0 Å². The first-order valence-corrected chi connectivity index (χ1v) is 12.1. The molecule has 0 amide bonds. The second-order valence-electron chi connectivity index (χ2n) is 8.20. The van der Waals surface area contributed by atoms with Gasteiger partial charge in [-0.3, -0.25) is 0 Å². The number of hydrogen-bond acceptors (Lipinski definition) is 3. The van der Waals surface area contributed by atoms with E-state index in [1.165, 1.54) is 5.56 Å². The molecule has 164 valence electrons. The summed E-state index contributed by atoms with van der Waals surface area (Å²) in [4.78, 5) is 0.292. The van der Waals surface area contributed by atoms with Gasteiger partial charge in [-0.25, -0.2) is 13.1 Å². The van der Waals surface area contributed by atoms with Crippen LogP contribution in [0, 0.1) is 13.8 Å². The number of nitrogens with one attached hydrogen (secondary N) is 1. The van der Waals surface area contributed by atoms with Crippen molar-refractivity contribution in [3.63, 3.8) is 0 Å². The van der Waals surface area contributed by atoms with Gasteiger partial charge in [-0.2, -0.15) is 0 Å². The Kier molecular flexibility index (Phi) is 7.52. The van der Waals surface area contributed by atoms with E-state index in [0.29, 0.717) is 17.9 Å². The normalized spacial score (nSPS) is 12.7. The van der Waals surface area contributed by atoms with Crippen LogP contribution in [-0.4, -0.2) is 21.1 Å². The quantitative estimate of drug-likeness (QED) is 0.475. The van der Waals surface area contributed by atoms with Gasteiger partial charge in [-0.05, 0) is 69.5 Å². The summed E-state index contributed by atoms with van der Waals surface area (Å²) in [6.07, 6.45) is 0.772. The fourth-order valence-electron chi connectivity index (χ4n) is 3.51. The zero-order valence-electron chi connectivity index (χ0n) is 18.6. The molecule has 3 aromatic rings. The van der Waals surface area contributed by atoms with Crippen LogP contribution in [-0.2, 0) is 10.0 Å². The highest BCUT2D eigenvalue weighted by Crippen LogP contribution is 2.30. The first kappa shape index (κ1) is 23.0. The monoisotopic (exact) mass is 437 g/mol. The van der Waals surface area contributed by atoms with E-state index < -0.39 is 10.0 Å². The van der Waals surface area contributed by atoms with Crippen LogP contribution in [0.15, 0.2) is 77.7 Å². The zero-order valence-corrected chi connectivity index (χ0v) is 19.4. The Morgan fingerprint density at radius 3 is 1.77 bits per heavy atom. The van der Waals surface area contributed by atoms with Gasteiger partial charge in [0, 0.05) is 12.5 Å². The molecule has 0 saturated heterocycles. The minimum absolute atomic E-state index is 0.0782. The number of aryl methyl sites for hydroxylation is 2. The van der Waals surface area contributed by atoms with Crippen molar-refractivity contribution in [3.8, 4) is 5.75 Å². The van der Waals surface area contributed by atoms with Gasteiger partial charge in [0.2, 0.25) is 10.0 Å². The standard InChI is InChI=1S/C26H31NO3S/c1-19(2)30-24-13-11-23(12-14-24)26(22-9-5-20(3)6-10-22)17-18-27-31(28,29)25-15-7-21(4)8-16-25/h5-16,19,26-27H,17-18H2,1-4H3/t26-/m1/s1. The molecule has 0 radical (unpaired) electrons. The van der Waals surface area contributed by atoms with Gasteiger partial charge in [0.1, 0.15) is 5.75 Å². The molecule has 4 nitrogen and oxygen atoms in total. The predicted molar refractivity (Wildman–Crippen MR) is 126 cm³/mol. The van der Waals surface area contributed by atoms with Crippen molar-refractivity contribution in [3.05, 3.63) is 95.1 Å². The maximum Gasteiger partial charge on any atom is 0.240 e. The van der Waals surface area contributed by atoms with Gasteiger partial charge in [0.15, 0.2) is 0 Å². The molecule has 3 rings (SSSR count). The Balaban J connectivity index is 1.77. The fraction of sp³-hybridized carbons (Fsp3) is 0.308. The molecule has 0 aromatic heterocycles. The third-order valence-corrected chi connectivity index (χ3v) is 6.67. The molecule has 5 heteroatoms. The average Bonchev–Trinajstić information content (AvgIpc) is 2.73. The minimum atomic E-state index is -3.53. The molecule has 0 heterocycles. The van der Waals surface area contributed by atoms with Crippen molar-refractivity contribution in [2.24, 2.45) is 0 Å². The van der Waals surface area contributed by atoms with E-state index in [4.69, 9.17) is 4.74 Å². The van der Waals surface area contributed by atoms with Crippen LogP contribution in [0.3, 0.4) is 0 Å². The van der Waals surface area contributed by atoms with Gasteiger partial charge in [0.05, 0.1) is 11.0 Å². The first-order valence-electron chi connectivity index (χ1n) is 10.6. The van der Waals surface area contributed by atoms with Gasteiger partial charge < -0.3 is 4.74 Å². The number of sulfonamides is 1. The van der Waals surface area contributed by atoms with Crippen LogP contribution in [0.5, 0.6) is 5.75 Å². The zero-order chi connectivity index (χ0) is 22.4. The fourth-order valence-corrected chi connectivity index (χ4v) is 4.56. The molecule has 0 unspecified atom stereocenters. The van der Waals surface area contributed by atoms with E-state index in [-0.39, 0.29) is 12.0 Å². The Labute approximate surface area is 186 Å². The largest absolute Gasteiger partial charge is 0.491 e. The van der Waals surface area contributed by atoms with Crippen molar-refractivity contribution >= 4 is 10.0 Å². The lowest BCUT2D eigenvalue weighted by Gasteiger charge is -2.20. The van der Waals surface area contributed by atoms with Crippen LogP contribution in [0.25, 0.3) is 0 Å². The van der Waals surface area contributed by atoms with Crippen LogP contribution < -0.4 is 9.46 Å². The minimum Gasteiger partial charge on any atom is -0.491 e. The number of rotatable bonds is 9. The van der Waals surface area contributed by atoms with Crippen molar-refractivity contribution < 1.29 is 13.2 Å². The molecule has 0 aliphatic rings. The third kappa shape index (κ3) is 6.42. The molecule has 31 heavy (non-hydrogen) atoms. The lowest BCUT2D eigenvalue weighted by atomic mass is 9.88. The van der Waals surface area contributed by atoms with E-state index in [1.807, 2.05) is 45.0 Å². The molecular weight excluding hydrogens is 406 g/mol. The lowest BCUT2D eigenvalue weighted by molar-refractivity contribution is 0.242. The molecule has 0 aliphatic carbocycles. The molecule has 1 N–H and O–H groups in total. The summed E-state index contributed by atoms with van der Waals surface area (Å²) in [5, 5.41) is 0. The molecule has 0 bridgehead atoms. The summed E-state index contributed by atoms with van der Waals surface area (Å²) in [6.45, 7) is 8.35. The Hall–Kier alpha value is -2.63. The van der Waals surface area contributed by atoms with Crippen LogP contribution in [0.1, 0.15) is 48.4 Å². The van der Waals surface area contributed by atoms with Gasteiger partial charge in [-0.1, -0.05) is 59.7 Å². The van der Waals surface area contributed by atoms with Crippen LogP contribution in [0.2, 0.25) is 0 Å². The van der Waals surface area contributed by atoms with Crippen LogP contribution >= 0.6 is 0 Å². The third-order valence-electron chi connectivity index (χ3n) is 5.19. The average molecular weight is 438 g/mol. The smallest absolute Gasteiger partial charge is 0.240 e. The number of ether oxygens (including phenoxy) is 1. The molecule has 1 atom stereocenters. The number of benzene rings is 3. The number of hydrogen-bond donors (Lipinski definition) is 1. The van der Waals surface area contributed by atoms with Crippen molar-refractivity contribution in [1.29, 1.82) is 0 Å². The van der Waals surface area contributed by atoms with E-state index in [0.717, 1.165) is 22.4 Å². The summed E-state index contributed by atoms with van der Waals surface area (Å²) in [5.41, 5.74) is 4.53. The molecule has 0 saturated carbocycles. The summed E-state index contributed by atoms with van der Waals surface area (Å²) in [6, 6.07) is 23.4. The summed E-state index contributed by atoms with van der Waals surface area (Å²) < 4.78 is 33.8. The second-order valence-corrected chi connectivity index (χ2v) is 9.97. The van der Waals surface area contributed by atoms with Gasteiger partial charge in [0.25, 0.3) is 0 Å². The Morgan fingerprint density at radius 1 is 0.774 bits per heavy atom. The molecule has 0 spiro atoms. The SMILES string of the molecule is Cc1ccc([C@@H](CCNS(=O)(=O)c2ccc(C)cc2)c2ccc(OC(C)C)cc2)cc1. The van der Waals surface area contributed by atoms with Crippen molar-refractivity contribution in [2.75, 3.05) is 6.54 Å². The maximum atomic E-state index is 12.7. The lowest BCUT2D eigenvalue weighted by Crippen LogP contribution is -2.26. The highest BCUT2D eigenvalue weighted by Gasteiger charge is 2.18. The highest BCUT2D eigenvalue weighted by molar-refractivity contribution is 7.89. The van der Waals surface area contributed by atoms with Crippen molar-refractivity contribution in [1.82, 2.24) is 4.72 Å². The molecule has 3 aromatic carbocycles. The van der Waals surface area contributed by atoms with Gasteiger partial charge in [-0.15, -0.1) is 0 Å². The molecule has 0 fully saturated rings. The topological polar surface area (TPSA) is 55.4 Å². The van der Waals surface area contributed by atoms with E-state index in [9.17, 15) is 8.42 Å². The highest BCUT2D eigenvalue weighted by atomic mass is 32.2. The molecule has 0 aliphatic heterocycles.